The molecule has 0 spiro atoms. The van der Waals surface area contributed by atoms with E-state index >= 15 is 0 Å². The quantitative estimate of drug-likeness (QED) is 0.699. The minimum absolute atomic E-state index is 0.234. The lowest BCUT2D eigenvalue weighted by atomic mass is 10.1. The normalized spacial score (nSPS) is 10.7. The number of benzene rings is 2. The summed E-state index contributed by atoms with van der Waals surface area (Å²) in [5, 5.41) is 3.26. The summed E-state index contributed by atoms with van der Waals surface area (Å²) in [7, 11) is 3.05. The number of amides is 1. The maximum atomic E-state index is 12.1. The van der Waals surface area contributed by atoms with E-state index in [9.17, 15) is 4.79 Å². The van der Waals surface area contributed by atoms with Crippen LogP contribution in [-0.4, -0.2) is 20.1 Å². The van der Waals surface area contributed by atoms with Gasteiger partial charge in [-0.15, -0.1) is 0 Å². The Hall–Kier alpha value is -1.98. The number of halogens is 2. The molecule has 0 heterocycles. The third kappa shape index (κ3) is 4.52. The van der Waals surface area contributed by atoms with Crippen molar-refractivity contribution in [1.82, 2.24) is 0 Å². The number of anilines is 1. The van der Waals surface area contributed by atoms with Gasteiger partial charge in [0.1, 0.15) is 0 Å². The van der Waals surface area contributed by atoms with Crippen LogP contribution in [0.3, 0.4) is 0 Å². The van der Waals surface area contributed by atoms with Gasteiger partial charge in [0.2, 0.25) is 5.91 Å². The van der Waals surface area contributed by atoms with E-state index in [0.717, 1.165) is 21.3 Å². The molecule has 0 atom stereocenters. The minimum atomic E-state index is -0.234. The molecule has 0 saturated heterocycles. The van der Waals surface area contributed by atoms with Crippen molar-refractivity contribution in [2.45, 2.75) is 6.92 Å². The van der Waals surface area contributed by atoms with E-state index in [4.69, 9.17) is 21.1 Å². The van der Waals surface area contributed by atoms with E-state index in [1.54, 1.807) is 18.2 Å². The number of nitrogens with one attached hydrogen (secondary N) is 1. The molecule has 0 bridgehead atoms. The number of carbonyl (C=O) groups excluding carboxylic acids is 1. The Kier molecular flexibility index (Phi) is 6.29. The van der Waals surface area contributed by atoms with Gasteiger partial charge in [0.15, 0.2) is 11.5 Å². The lowest BCUT2D eigenvalue weighted by Crippen LogP contribution is -2.08. The Balaban J connectivity index is 2.17. The molecule has 0 aliphatic carbocycles. The highest BCUT2D eigenvalue weighted by molar-refractivity contribution is 9.10. The van der Waals surface area contributed by atoms with Gasteiger partial charge in [0, 0.05) is 16.2 Å². The van der Waals surface area contributed by atoms with Crippen molar-refractivity contribution >= 4 is 45.2 Å². The second-order valence-electron chi connectivity index (χ2n) is 5.02. The van der Waals surface area contributed by atoms with Gasteiger partial charge in [-0.25, -0.2) is 0 Å². The summed E-state index contributed by atoms with van der Waals surface area (Å²) in [4.78, 5) is 12.1. The molecular formula is C18H17BrClNO3. The molecule has 4 nitrogen and oxygen atoms in total. The number of aryl methyl sites for hydroxylation is 1. The maximum absolute atomic E-state index is 12.1. The summed E-state index contributed by atoms with van der Waals surface area (Å²) in [6.45, 7) is 1.93. The van der Waals surface area contributed by atoms with Gasteiger partial charge in [-0.05, 0) is 48.4 Å². The molecule has 6 heteroatoms. The summed E-state index contributed by atoms with van der Waals surface area (Å²) >= 11 is 9.54. The topological polar surface area (TPSA) is 47.6 Å². The standard InChI is InChI=1S/C18H17BrClNO3/c1-11-4-6-13(19)10-15(11)21-17(22)7-5-12-8-14(20)18(24-3)16(9-12)23-2/h4-10H,1-3H3,(H,21,22)/b7-5+. The van der Waals surface area contributed by atoms with E-state index in [2.05, 4.69) is 21.2 Å². The average molecular weight is 411 g/mol. The molecule has 0 unspecified atom stereocenters. The van der Waals surface area contributed by atoms with Crippen molar-refractivity contribution in [3.05, 3.63) is 57.0 Å². The Morgan fingerprint density at radius 3 is 2.62 bits per heavy atom. The number of methoxy groups -OCH3 is 2. The van der Waals surface area contributed by atoms with Crippen LogP contribution in [0.2, 0.25) is 5.02 Å². The molecule has 0 radical (unpaired) electrons. The van der Waals surface area contributed by atoms with Gasteiger partial charge in [0.25, 0.3) is 0 Å². The molecule has 2 aromatic carbocycles. The Morgan fingerprint density at radius 1 is 1.21 bits per heavy atom. The van der Waals surface area contributed by atoms with Crippen molar-refractivity contribution in [1.29, 1.82) is 0 Å². The van der Waals surface area contributed by atoms with Gasteiger partial charge >= 0.3 is 0 Å². The molecule has 126 valence electrons. The summed E-state index contributed by atoms with van der Waals surface area (Å²) < 4.78 is 11.3. The zero-order valence-corrected chi connectivity index (χ0v) is 15.9. The van der Waals surface area contributed by atoms with E-state index < -0.39 is 0 Å². The SMILES string of the molecule is COc1cc(/C=C/C(=O)Nc2cc(Br)ccc2C)cc(Cl)c1OC. The second kappa shape index (κ2) is 8.22. The number of hydrogen-bond acceptors (Lipinski definition) is 3. The highest BCUT2D eigenvalue weighted by Crippen LogP contribution is 2.36. The lowest BCUT2D eigenvalue weighted by molar-refractivity contribution is -0.111. The van der Waals surface area contributed by atoms with E-state index in [-0.39, 0.29) is 5.91 Å². The smallest absolute Gasteiger partial charge is 0.248 e. The first-order chi connectivity index (χ1) is 11.4. The van der Waals surface area contributed by atoms with Crippen LogP contribution in [0.5, 0.6) is 11.5 Å². The van der Waals surface area contributed by atoms with Crippen LogP contribution in [0.1, 0.15) is 11.1 Å². The van der Waals surface area contributed by atoms with Gasteiger partial charge < -0.3 is 14.8 Å². The molecule has 0 fully saturated rings. The minimum Gasteiger partial charge on any atom is -0.493 e. The van der Waals surface area contributed by atoms with Crippen LogP contribution >= 0.6 is 27.5 Å². The van der Waals surface area contributed by atoms with Gasteiger partial charge in [0.05, 0.1) is 19.2 Å². The van der Waals surface area contributed by atoms with Crippen LogP contribution in [-0.2, 0) is 4.79 Å². The summed E-state index contributed by atoms with van der Waals surface area (Å²) in [6.07, 6.45) is 3.11. The lowest BCUT2D eigenvalue weighted by Gasteiger charge is -2.10. The maximum Gasteiger partial charge on any atom is 0.248 e. The number of ether oxygens (including phenoxy) is 2. The fourth-order valence-electron chi connectivity index (χ4n) is 2.11. The number of rotatable bonds is 5. The first-order valence-corrected chi connectivity index (χ1v) is 8.28. The molecule has 0 saturated carbocycles. The van der Waals surface area contributed by atoms with Crippen LogP contribution in [0.4, 0.5) is 5.69 Å². The third-order valence-corrected chi connectivity index (χ3v) is 4.11. The average Bonchev–Trinajstić information content (AvgIpc) is 2.55. The van der Waals surface area contributed by atoms with Crippen LogP contribution in [0, 0.1) is 6.92 Å². The Labute approximate surface area is 154 Å². The van der Waals surface area contributed by atoms with Gasteiger partial charge in [-0.1, -0.05) is 33.6 Å². The third-order valence-electron chi connectivity index (χ3n) is 3.34. The Morgan fingerprint density at radius 2 is 1.96 bits per heavy atom. The van der Waals surface area contributed by atoms with E-state index in [1.165, 1.54) is 20.3 Å². The fraction of sp³-hybridized carbons (Fsp3) is 0.167. The first-order valence-electron chi connectivity index (χ1n) is 7.11. The number of hydrogen-bond donors (Lipinski definition) is 1. The number of carbonyl (C=O) groups is 1. The largest absolute Gasteiger partial charge is 0.493 e. The Bertz CT molecular complexity index is 790. The van der Waals surface area contributed by atoms with Gasteiger partial charge in [-0.3, -0.25) is 4.79 Å². The molecule has 0 aliphatic heterocycles. The predicted octanol–water partition coefficient (Wildman–Crippen LogP) is 5.08. The van der Waals surface area contributed by atoms with Crippen molar-refractivity contribution in [2.24, 2.45) is 0 Å². The van der Waals surface area contributed by atoms with Crippen molar-refractivity contribution in [3.63, 3.8) is 0 Å². The fourth-order valence-corrected chi connectivity index (χ4v) is 2.77. The molecule has 24 heavy (non-hydrogen) atoms. The zero-order valence-electron chi connectivity index (χ0n) is 13.5. The summed E-state index contributed by atoms with van der Waals surface area (Å²) in [5.74, 6) is 0.737. The van der Waals surface area contributed by atoms with Crippen molar-refractivity contribution < 1.29 is 14.3 Å². The van der Waals surface area contributed by atoms with Crippen LogP contribution < -0.4 is 14.8 Å². The summed E-state index contributed by atoms with van der Waals surface area (Å²) in [6, 6.07) is 9.16. The molecule has 1 amide bonds. The second-order valence-corrected chi connectivity index (χ2v) is 6.34. The van der Waals surface area contributed by atoms with Crippen molar-refractivity contribution in [2.75, 3.05) is 19.5 Å². The molecule has 2 rings (SSSR count). The van der Waals surface area contributed by atoms with Crippen molar-refractivity contribution in [3.8, 4) is 11.5 Å². The highest BCUT2D eigenvalue weighted by atomic mass is 79.9. The molecule has 0 aromatic heterocycles. The van der Waals surface area contributed by atoms with Crippen LogP contribution in [0.25, 0.3) is 6.08 Å². The molecule has 1 N–H and O–H groups in total. The summed E-state index contributed by atoms with van der Waals surface area (Å²) in [5.41, 5.74) is 2.47. The first kappa shape index (κ1) is 18.4. The van der Waals surface area contributed by atoms with E-state index in [0.29, 0.717) is 16.5 Å². The van der Waals surface area contributed by atoms with Gasteiger partial charge in [-0.2, -0.15) is 0 Å². The monoisotopic (exact) mass is 409 g/mol. The zero-order chi connectivity index (χ0) is 17.7. The highest BCUT2D eigenvalue weighted by Gasteiger charge is 2.10. The molecular weight excluding hydrogens is 394 g/mol. The van der Waals surface area contributed by atoms with Crippen LogP contribution in [0.15, 0.2) is 40.9 Å². The molecule has 0 aliphatic rings. The molecule has 2 aromatic rings. The predicted molar refractivity (Wildman–Crippen MR) is 101 cm³/mol. The van der Waals surface area contributed by atoms with E-state index in [1.807, 2.05) is 25.1 Å².